The Morgan fingerprint density at radius 3 is 2.76 bits per heavy atom. The highest BCUT2D eigenvalue weighted by Crippen LogP contribution is 2.21. The number of hydrogen-bond acceptors (Lipinski definition) is 2. The number of ketones is 1. The molecule has 0 aliphatic carbocycles. The molecule has 0 aliphatic rings. The molecule has 0 bridgehead atoms. The fourth-order valence-corrected chi connectivity index (χ4v) is 1.82. The summed E-state index contributed by atoms with van der Waals surface area (Å²) in [7, 11) is 0. The number of phenolic OH excluding ortho intramolecular Hbond substituents is 1. The molecule has 1 rings (SSSR count). The van der Waals surface area contributed by atoms with E-state index in [0.29, 0.717) is 12.2 Å². The molecule has 1 aromatic rings. The van der Waals surface area contributed by atoms with E-state index in [1.54, 1.807) is 19.4 Å². The molecule has 0 atom stereocenters. The van der Waals surface area contributed by atoms with Crippen LogP contribution in [0.3, 0.4) is 0 Å². The van der Waals surface area contributed by atoms with Crippen LogP contribution in [0.4, 0.5) is 0 Å². The molecular weight excluding hydrogens is 212 g/mol. The van der Waals surface area contributed by atoms with Crippen LogP contribution in [0.1, 0.15) is 44.2 Å². The van der Waals surface area contributed by atoms with Crippen LogP contribution >= 0.6 is 0 Å². The third kappa shape index (κ3) is 4.51. The van der Waals surface area contributed by atoms with Gasteiger partial charge in [-0.2, -0.15) is 0 Å². The average Bonchev–Trinajstić information content (AvgIpc) is 2.33. The average molecular weight is 233 g/mol. The van der Waals surface area contributed by atoms with Crippen molar-refractivity contribution in [2.45, 2.75) is 46.0 Å². The Morgan fingerprint density at radius 1 is 1.35 bits per heavy atom. The lowest BCUT2D eigenvalue weighted by molar-refractivity contribution is -0.115. The molecule has 2 nitrogen and oxygen atoms in total. The second-order valence-electron chi connectivity index (χ2n) is 4.35. The summed E-state index contributed by atoms with van der Waals surface area (Å²) in [5.74, 6) is 0.466. The van der Waals surface area contributed by atoms with Crippen molar-refractivity contribution in [3.05, 3.63) is 35.7 Å². The van der Waals surface area contributed by atoms with E-state index < -0.39 is 0 Å². The molecule has 1 N–H and O–H groups in total. The van der Waals surface area contributed by atoms with Crippen molar-refractivity contribution in [3.63, 3.8) is 0 Å². The highest BCUT2D eigenvalue weighted by atomic mass is 16.3. The Labute approximate surface area is 104 Å². The van der Waals surface area contributed by atoms with E-state index in [9.17, 15) is 9.90 Å². The maximum absolute atomic E-state index is 11.3. The van der Waals surface area contributed by atoms with Crippen LogP contribution < -0.4 is 0 Å². The van der Waals surface area contributed by atoms with E-state index >= 15 is 0 Å². The van der Waals surface area contributed by atoms with Crippen molar-refractivity contribution in [2.75, 3.05) is 0 Å². The Hall–Kier alpha value is -1.44. The van der Waals surface area contributed by atoms with Crippen LogP contribution in [0.15, 0.2) is 18.2 Å². The van der Waals surface area contributed by atoms with Crippen LogP contribution in [-0.2, 0) is 17.6 Å². The monoisotopic (exact) mass is 233 g/mol. The summed E-state index contributed by atoms with van der Waals surface area (Å²) in [5.41, 5.74) is 1.94. The van der Waals surface area contributed by atoms with Gasteiger partial charge < -0.3 is 5.11 Å². The normalized spacial score (nSPS) is 10.2. The smallest absolute Gasteiger partial charge is 0.310 e. The van der Waals surface area contributed by atoms with Crippen molar-refractivity contribution >= 4 is 5.78 Å². The molecule has 0 fully saturated rings. The topological polar surface area (TPSA) is 37.3 Å². The largest absolute Gasteiger partial charge is 0.508 e. The molecule has 0 heterocycles. The number of benzene rings is 1. The van der Waals surface area contributed by atoms with Gasteiger partial charge in [-0.05, 0) is 30.0 Å². The number of carbonyl (C=O) groups is 1. The van der Waals surface area contributed by atoms with Gasteiger partial charge in [0.2, 0.25) is 0 Å². The highest BCUT2D eigenvalue weighted by molar-refractivity contribution is 5.88. The number of rotatable bonds is 7. The third-order valence-electron chi connectivity index (χ3n) is 2.89. The molecule has 0 saturated carbocycles. The van der Waals surface area contributed by atoms with Crippen molar-refractivity contribution in [1.29, 1.82) is 0 Å². The standard InChI is InChI=1S/C15H20O2/c1-3-5-6-7-13-10-12(8-9-15(13)17)11-14(16)4-2/h4,8-10H,3,5-7,11H2,1-2H3/p+1. The number of Topliss-reactive ketones (excluding diaryl/α,β-unsaturated/α-hetero) is 1. The first-order valence-corrected chi connectivity index (χ1v) is 6.30. The van der Waals surface area contributed by atoms with E-state index in [0.717, 1.165) is 24.0 Å². The first kappa shape index (κ1) is 13.6. The van der Waals surface area contributed by atoms with E-state index in [-0.39, 0.29) is 5.78 Å². The molecule has 0 amide bonds. The van der Waals surface area contributed by atoms with Crippen molar-refractivity contribution < 1.29 is 9.90 Å². The Kier molecular flexibility index (Phi) is 5.61. The highest BCUT2D eigenvalue weighted by Gasteiger charge is 2.10. The maximum Gasteiger partial charge on any atom is 0.310 e. The second-order valence-corrected chi connectivity index (χ2v) is 4.35. The minimum Gasteiger partial charge on any atom is -0.508 e. The van der Waals surface area contributed by atoms with Crippen LogP contribution in [-0.4, -0.2) is 10.9 Å². The van der Waals surface area contributed by atoms with Crippen molar-refractivity contribution in [3.8, 4) is 5.75 Å². The number of hydrogen-bond donors (Lipinski definition) is 1. The van der Waals surface area contributed by atoms with Crippen molar-refractivity contribution in [1.82, 2.24) is 0 Å². The van der Waals surface area contributed by atoms with E-state index in [1.165, 1.54) is 12.8 Å². The lowest BCUT2D eigenvalue weighted by Crippen LogP contribution is -2.01. The minimum absolute atomic E-state index is 0.121. The molecule has 0 aromatic heterocycles. The number of aryl methyl sites for hydroxylation is 1. The maximum atomic E-state index is 11.3. The van der Waals surface area contributed by atoms with Crippen LogP contribution in [0.2, 0.25) is 0 Å². The van der Waals surface area contributed by atoms with Gasteiger partial charge in [0, 0.05) is 0 Å². The Bertz CT molecular complexity index is 369. The van der Waals surface area contributed by atoms with Gasteiger partial charge in [0.25, 0.3) is 0 Å². The predicted octanol–water partition coefficient (Wildman–Crippen LogP) is 3.46. The van der Waals surface area contributed by atoms with Gasteiger partial charge in [0.05, 0.1) is 13.3 Å². The van der Waals surface area contributed by atoms with E-state index in [4.69, 9.17) is 0 Å². The summed E-state index contributed by atoms with van der Waals surface area (Å²) >= 11 is 0. The zero-order chi connectivity index (χ0) is 12.7. The van der Waals surface area contributed by atoms with Crippen LogP contribution in [0.5, 0.6) is 5.75 Å². The van der Waals surface area contributed by atoms with E-state index in [2.05, 4.69) is 6.92 Å². The summed E-state index contributed by atoms with van der Waals surface area (Å²) in [5, 5.41) is 9.73. The molecule has 0 aliphatic heterocycles. The number of phenols is 1. The zero-order valence-corrected chi connectivity index (χ0v) is 10.7. The van der Waals surface area contributed by atoms with Gasteiger partial charge >= 0.3 is 5.78 Å². The summed E-state index contributed by atoms with van der Waals surface area (Å²) in [6, 6.07) is 5.46. The lowest BCUT2D eigenvalue weighted by Gasteiger charge is -2.06. The lowest BCUT2D eigenvalue weighted by atomic mass is 10.0. The van der Waals surface area contributed by atoms with Gasteiger partial charge in [0.1, 0.15) is 12.2 Å². The third-order valence-corrected chi connectivity index (χ3v) is 2.89. The first-order valence-electron chi connectivity index (χ1n) is 6.30. The minimum atomic E-state index is 0.121. The fraction of sp³-hybridized carbons (Fsp3) is 0.467. The summed E-state index contributed by atoms with van der Waals surface area (Å²) < 4.78 is 0. The Morgan fingerprint density at radius 2 is 2.12 bits per heavy atom. The molecule has 0 unspecified atom stereocenters. The summed E-state index contributed by atoms with van der Waals surface area (Å²) in [4.78, 5) is 11.3. The van der Waals surface area contributed by atoms with Gasteiger partial charge in [0.15, 0.2) is 0 Å². The molecular formula is C15H21O2+. The van der Waals surface area contributed by atoms with E-state index in [1.807, 2.05) is 12.1 Å². The second kappa shape index (κ2) is 7.00. The van der Waals surface area contributed by atoms with Gasteiger partial charge in [-0.25, -0.2) is 4.79 Å². The van der Waals surface area contributed by atoms with Gasteiger partial charge in [-0.1, -0.05) is 31.9 Å². The summed E-state index contributed by atoms with van der Waals surface area (Å²) in [6.45, 7) is 3.91. The molecule has 0 spiro atoms. The quantitative estimate of drug-likeness (QED) is 0.578. The molecule has 0 radical (unpaired) electrons. The molecule has 17 heavy (non-hydrogen) atoms. The van der Waals surface area contributed by atoms with Crippen LogP contribution in [0.25, 0.3) is 0 Å². The van der Waals surface area contributed by atoms with Crippen LogP contribution in [0, 0.1) is 6.42 Å². The Balaban J connectivity index is 2.68. The number of carbonyl (C=O) groups excluding carboxylic acids is 1. The molecule has 1 aromatic carbocycles. The zero-order valence-electron chi connectivity index (χ0n) is 10.7. The van der Waals surface area contributed by atoms with Crippen molar-refractivity contribution in [2.24, 2.45) is 0 Å². The SMILES string of the molecule is C[CH+]C(=O)Cc1ccc(O)c(CCCCC)c1. The molecule has 0 saturated heterocycles. The molecule has 2 heteroatoms. The summed E-state index contributed by atoms with van der Waals surface area (Å²) in [6.07, 6.45) is 6.33. The first-order chi connectivity index (χ1) is 8.17. The fourth-order valence-electron chi connectivity index (χ4n) is 1.82. The van der Waals surface area contributed by atoms with Gasteiger partial charge in [-0.15, -0.1) is 0 Å². The molecule has 92 valence electrons. The predicted molar refractivity (Wildman–Crippen MR) is 70.0 cm³/mol. The van der Waals surface area contributed by atoms with Gasteiger partial charge in [-0.3, -0.25) is 0 Å². The number of aromatic hydroxyl groups is 1. The number of unbranched alkanes of at least 4 members (excludes halogenated alkanes) is 2.